The highest BCUT2D eigenvalue weighted by Gasteiger charge is 2.61. The number of nitrogens with two attached hydrogens (primary N) is 1. The normalized spacial score (nSPS) is 25.4. The second-order valence-corrected chi connectivity index (χ2v) is 22.6. The van der Waals surface area contributed by atoms with Crippen LogP contribution in [-0.2, 0) is 18.4 Å². The van der Waals surface area contributed by atoms with Gasteiger partial charge in [-0.2, -0.15) is 4.98 Å². The Bertz CT molecular complexity index is 1020. The van der Waals surface area contributed by atoms with Crippen molar-refractivity contribution in [3.8, 4) is 0 Å². The van der Waals surface area contributed by atoms with Gasteiger partial charge < -0.3 is 29.7 Å². The number of nitrogens with zero attached hydrogens (tertiary/aromatic N) is 2. The Labute approximate surface area is 223 Å². The van der Waals surface area contributed by atoms with E-state index in [9.17, 15) is 14.7 Å². The Morgan fingerprint density at radius 2 is 1.76 bits per heavy atom. The first-order valence-corrected chi connectivity index (χ1v) is 18.8. The minimum absolute atomic E-state index is 0.0530. The summed E-state index contributed by atoms with van der Waals surface area (Å²) in [6.45, 7) is 23.3. The van der Waals surface area contributed by atoms with E-state index in [4.69, 9.17) is 19.3 Å². The Balaban J connectivity index is 2.64. The molecule has 10 nitrogen and oxygen atoms in total. The molecule has 37 heavy (non-hydrogen) atoms. The molecule has 1 amide bonds. The maximum absolute atomic E-state index is 12.9. The summed E-state index contributed by atoms with van der Waals surface area (Å²) in [6.07, 6.45) is -1.75. The van der Waals surface area contributed by atoms with Crippen molar-refractivity contribution in [3.63, 3.8) is 0 Å². The molecular formula is C25H48N4O6Si2. The van der Waals surface area contributed by atoms with E-state index in [1.54, 1.807) is 0 Å². The number of aliphatic hydroxyl groups is 1. The smallest absolute Gasteiger partial charge is 0.351 e. The molecule has 12 heteroatoms. The standard InChI is InChI=1S/C25H48N4O6Si2/c1-12-27-19(30)15-25(32)17(16-33-36(8,9)23(2,3)4)34-21(29-14-13-18(26)28-22(29)31)20(25)35-37(10,11)24(5,6)7/h13-14,17,20-21,32H,12,15-16H2,1-11H3,(H,27,30)(H2,26,28,31)/t17-,20+,21-,25-/m1/s1. The zero-order valence-corrected chi connectivity index (χ0v) is 26.5. The van der Waals surface area contributed by atoms with E-state index in [0.29, 0.717) is 6.54 Å². The maximum Gasteiger partial charge on any atom is 0.351 e. The van der Waals surface area contributed by atoms with Crippen LogP contribution in [-0.4, -0.2) is 68.2 Å². The number of ether oxygens (including phenoxy) is 1. The number of hydrogen-bond donors (Lipinski definition) is 3. The van der Waals surface area contributed by atoms with E-state index >= 15 is 0 Å². The highest BCUT2D eigenvalue weighted by Crippen LogP contribution is 2.47. The van der Waals surface area contributed by atoms with Gasteiger partial charge in [-0.15, -0.1) is 0 Å². The molecule has 1 aromatic rings. The molecule has 0 radical (unpaired) electrons. The van der Waals surface area contributed by atoms with Crippen molar-refractivity contribution in [1.29, 1.82) is 0 Å². The minimum atomic E-state index is -2.51. The first kappa shape index (κ1) is 31.6. The molecule has 0 aliphatic carbocycles. The van der Waals surface area contributed by atoms with Gasteiger partial charge in [0.1, 0.15) is 23.6 Å². The van der Waals surface area contributed by atoms with Gasteiger partial charge in [0.2, 0.25) is 5.91 Å². The van der Waals surface area contributed by atoms with Crippen LogP contribution in [0.1, 0.15) is 61.1 Å². The third kappa shape index (κ3) is 6.90. The van der Waals surface area contributed by atoms with Crippen LogP contribution in [0.15, 0.2) is 17.1 Å². The summed E-state index contributed by atoms with van der Waals surface area (Å²) in [5.74, 6) is -0.255. The minimum Gasteiger partial charge on any atom is -0.414 e. The molecule has 4 atom stereocenters. The van der Waals surface area contributed by atoms with Crippen LogP contribution in [0.25, 0.3) is 0 Å². The molecular weight excluding hydrogens is 508 g/mol. The lowest BCUT2D eigenvalue weighted by molar-refractivity contribution is -0.135. The van der Waals surface area contributed by atoms with Crippen LogP contribution < -0.4 is 16.7 Å². The highest BCUT2D eigenvalue weighted by atomic mass is 28.4. The fraction of sp³-hybridized carbons (Fsp3) is 0.800. The number of nitrogen functional groups attached to an aromatic ring is 1. The van der Waals surface area contributed by atoms with Crippen molar-refractivity contribution < 1.29 is 23.5 Å². The second-order valence-electron chi connectivity index (χ2n) is 13.0. The lowest BCUT2D eigenvalue weighted by Crippen LogP contribution is -2.58. The van der Waals surface area contributed by atoms with Crippen LogP contribution in [0.5, 0.6) is 0 Å². The first-order chi connectivity index (χ1) is 16.7. The van der Waals surface area contributed by atoms with E-state index in [1.807, 2.05) is 6.92 Å². The van der Waals surface area contributed by atoms with Crippen LogP contribution in [0.2, 0.25) is 36.3 Å². The third-order valence-electron chi connectivity index (χ3n) is 8.19. The zero-order valence-electron chi connectivity index (χ0n) is 24.5. The quantitative estimate of drug-likeness (QED) is 0.394. The molecule has 1 fully saturated rings. The number of amides is 1. The predicted octanol–water partition coefficient (Wildman–Crippen LogP) is 3.39. The molecule has 0 spiro atoms. The van der Waals surface area contributed by atoms with E-state index in [0.717, 1.165) is 0 Å². The van der Waals surface area contributed by atoms with Crippen molar-refractivity contribution in [1.82, 2.24) is 14.9 Å². The van der Waals surface area contributed by atoms with E-state index < -0.39 is 46.4 Å². The molecule has 0 aromatic carbocycles. The summed E-state index contributed by atoms with van der Waals surface area (Å²) in [7, 11) is -4.74. The zero-order chi connectivity index (χ0) is 28.6. The number of hydrogen-bond acceptors (Lipinski definition) is 8. The summed E-state index contributed by atoms with van der Waals surface area (Å²) in [5, 5.41) is 14.8. The van der Waals surface area contributed by atoms with Gasteiger partial charge in [-0.1, -0.05) is 41.5 Å². The number of rotatable bonds is 9. The van der Waals surface area contributed by atoms with Crippen LogP contribution in [0, 0.1) is 0 Å². The number of carbonyl (C=O) groups is 1. The summed E-state index contributed by atoms with van der Waals surface area (Å²) in [6, 6.07) is 1.50. The Morgan fingerprint density at radius 1 is 1.19 bits per heavy atom. The van der Waals surface area contributed by atoms with Gasteiger partial charge in [-0.05, 0) is 49.3 Å². The molecule has 1 aliphatic heterocycles. The molecule has 2 heterocycles. The molecule has 0 bridgehead atoms. The second kappa shape index (κ2) is 10.9. The van der Waals surface area contributed by atoms with Crippen molar-refractivity contribution in [2.24, 2.45) is 0 Å². The van der Waals surface area contributed by atoms with E-state index in [2.05, 4.69) is 78.0 Å². The van der Waals surface area contributed by atoms with Gasteiger partial charge in [0.25, 0.3) is 0 Å². The van der Waals surface area contributed by atoms with E-state index in [1.165, 1.54) is 16.8 Å². The maximum atomic E-state index is 12.9. The summed E-state index contributed by atoms with van der Waals surface area (Å²) >= 11 is 0. The number of nitrogens with one attached hydrogen (secondary N) is 1. The van der Waals surface area contributed by atoms with E-state index in [-0.39, 0.29) is 34.8 Å². The van der Waals surface area contributed by atoms with Gasteiger partial charge in [0.05, 0.1) is 13.0 Å². The summed E-state index contributed by atoms with van der Waals surface area (Å²) in [4.78, 5) is 29.6. The number of carbonyl (C=O) groups excluding carboxylic acids is 1. The Hall–Kier alpha value is -1.58. The SMILES string of the molecule is CCNC(=O)C[C@@]1(O)[C@@H](CO[Si](C)(C)C(C)(C)C)O[C@@H](n2ccc(N)nc2=O)[C@@H]1O[Si](C)(C)C(C)(C)C. The van der Waals surface area contributed by atoms with Gasteiger partial charge >= 0.3 is 5.69 Å². The van der Waals surface area contributed by atoms with Crippen LogP contribution in [0.4, 0.5) is 5.82 Å². The fourth-order valence-corrected chi connectivity index (χ4v) is 6.00. The third-order valence-corrected chi connectivity index (χ3v) is 17.1. The topological polar surface area (TPSA) is 138 Å². The van der Waals surface area contributed by atoms with Crippen LogP contribution in [0.3, 0.4) is 0 Å². The molecule has 0 saturated carbocycles. The van der Waals surface area contributed by atoms with Crippen molar-refractivity contribution in [2.75, 3.05) is 18.9 Å². The van der Waals surface area contributed by atoms with Crippen LogP contribution >= 0.6 is 0 Å². The predicted molar refractivity (Wildman–Crippen MR) is 150 cm³/mol. The molecule has 1 saturated heterocycles. The molecule has 4 N–H and O–H groups in total. The molecule has 2 rings (SSSR count). The Kier molecular flexibility index (Phi) is 9.31. The average Bonchev–Trinajstić information content (AvgIpc) is 2.96. The highest BCUT2D eigenvalue weighted by molar-refractivity contribution is 6.74. The lowest BCUT2D eigenvalue weighted by Gasteiger charge is -2.43. The van der Waals surface area contributed by atoms with Gasteiger partial charge in [0.15, 0.2) is 22.9 Å². The molecule has 1 aromatic heterocycles. The van der Waals surface area contributed by atoms with Gasteiger partial charge in [-0.3, -0.25) is 9.36 Å². The Morgan fingerprint density at radius 3 is 2.24 bits per heavy atom. The van der Waals surface area contributed by atoms with Crippen molar-refractivity contribution >= 4 is 28.4 Å². The molecule has 212 valence electrons. The first-order valence-electron chi connectivity index (χ1n) is 13.0. The number of anilines is 1. The largest absolute Gasteiger partial charge is 0.414 e. The van der Waals surface area contributed by atoms with Crippen molar-refractivity contribution in [3.05, 3.63) is 22.7 Å². The van der Waals surface area contributed by atoms with Gasteiger partial charge in [0, 0.05) is 12.7 Å². The summed E-state index contributed by atoms with van der Waals surface area (Å²) in [5.41, 5.74) is 3.34. The van der Waals surface area contributed by atoms with Gasteiger partial charge in [-0.25, -0.2) is 4.79 Å². The average molecular weight is 557 g/mol. The number of aromatic nitrogens is 2. The monoisotopic (exact) mass is 556 g/mol. The molecule has 1 aliphatic rings. The fourth-order valence-electron chi connectivity index (χ4n) is 3.69. The summed E-state index contributed by atoms with van der Waals surface area (Å²) < 4.78 is 20.9. The molecule has 0 unspecified atom stereocenters. The van der Waals surface area contributed by atoms with Crippen molar-refractivity contribution in [2.45, 2.75) is 115 Å². The lowest BCUT2D eigenvalue weighted by atomic mass is 9.88.